The summed E-state index contributed by atoms with van der Waals surface area (Å²) >= 11 is 0. The van der Waals surface area contributed by atoms with Gasteiger partial charge in [0.2, 0.25) is 11.8 Å². The molecule has 0 aliphatic rings. The van der Waals surface area contributed by atoms with Gasteiger partial charge in [0, 0.05) is 25.9 Å². The van der Waals surface area contributed by atoms with E-state index in [1.807, 2.05) is 79.7 Å². The lowest BCUT2D eigenvalue weighted by molar-refractivity contribution is -0.141. The van der Waals surface area contributed by atoms with Gasteiger partial charge in [-0.3, -0.25) is 9.59 Å². The Morgan fingerprint density at radius 2 is 1.50 bits per heavy atom. The minimum Gasteiger partial charge on any atom is -0.493 e. The number of benzene rings is 3. The second kappa shape index (κ2) is 14.2. The molecule has 0 radical (unpaired) electrons. The van der Waals surface area contributed by atoms with Gasteiger partial charge in [-0.25, -0.2) is 0 Å². The van der Waals surface area contributed by atoms with Crippen LogP contribution in [0.1, 0.15) is 42.5 Å². The molecule has 0 saturated heterocycles. The number of nitrogens with one attached hydrogen (secondary N) is 1. The van der Waals surface area contributed by atoms with E-state index in [2.05, 4.69) is 19.2 Å². The van der Waals surface area contributed by atoms with Gasteiger partial charge in [-0.15, -0.1) is 0 Å². The highest BCUT2D eigenvalue weighted by Crippen LogP contribution is 2.28. The van der Waals surface area contributed by atoms with Gasteiger partial charge in [-0.2, -0.15) is 0 Å². The molecule has 0 bridgehead atoms. The quantitative estimate of drug-likeness (QED) is 0.332. The maximum Gasteiger partial charge on any atom is 0.243 e. The molecular weight excluding hydrogens is 476 g/mol. The number of hydrogen-bond donors (Lipinski definition) is 1. The highest BCUT2D eigenvalue weighted by atomic mass is 16.5. The lowest BCUT2D eigenvalue weighted by Gasteiger charge is -2.32. The molecule has 6 heteroatoms. The van der Waals surface area contributed by atoms with Crippen LogP contribution in [0.3, 0.4) is 0 Å². The number of carbonyl (C=O) groups excluding carboxylic acids is 2. The standard InChI is InChI=1S/C32H40N2O4/c1-23(2)21-33-32(36)28(19-25-9-7-6-8-10-25)34(22-27-13-11-24(3)12-14-27)31(35)18-16-26-15-17-29(37-4)30(20-26)38-5/h6-15,17,20,23,28H,16,18-19,21-22H2,1-5H3,(H,33,36)/t28-/m0/s1. The van der Waals surface area contributed by atoms with E-state index in [1.54, 1.807) is 19.1 Å². The molecule has 6 nitrogen and oxygen atoms in total. The Kier molecular flexibility index (Phi) is 10.8. The summed E-state index contributed by atoms with van der Waals surface area (Å²) in [7, 11) is 3.20. The summed E-state index contributed by atoms with van der Waals surface area (Å²) in [6, 6.07) is 23.0. The van der Waals surface area contributed by atoms with E-state index in [-0.39, 0.29) is 18.2 Å². The van der Waals surface area contributed by atoms with Crippen molar-refractivity contribution in [3.05, 3.63) is 95.1 Å². The molecule has 0 heterocycles. The molecule has 3 aromatic carbocycles. The summed E-state index contributed by atoms with van der Waals surface area (Å²) in [5, 5.41) is 3.07. The molecule has 3 aromatic rings. The number of rotatable bonds is 13. The lowest BCUT2D eigenvalue weighted by atomic mass is 10.0. The van der Waals surface area contributed by atoms with Gasteiger partial charge in [-0.05, 0) is 48.1 Å². The number of hydrogen-bond acceptors (Lipinski definition) is 4. The fourth-order valence-electron chi connectivity index (χ4n) is 4.30. The molecule has 1 N–H and O–H groups in total. The van der Waals surface area contributed by atoms with E-state index in [9.17, 15) is 9.59 Å². The monoisotopic (exact) mass is 516 g/mol. The number of ether oxygens (including phenoxy) is 2. The van der Waals surface area contributed by atoms with Gasteiger partial charge in [0.1, 0.15) is 6.04 Å². The van der Waals surface area contributed by atoms with Crippen molar-refractivity contribution in [2.45, 2.75) is 52.6 Å². The van der Waals surface area contributed by atoms with Crippen molar-refractivity contribution in [3.8, 4) is 11.5 Å². The summed E-state index contributed by atoms with van der Waals surface area (Å²) < 4.78 is 10.8. The molecule has 0 aromatic heterocycles. The summed E-state index contributed by atoms with van der Waals surface area (Å²) in [6.45, 7) is 7.07. The van der Waals surface area contributed by atoms with Gasteiger partial charge in [0.25, 0.3) is 0 Å². The van der Waals surface area contributed by atoms with E-state index < -0.39 is 6.04 Å². The average Bonchev–Trinajstić information content (AvgIpc) is 2.93. The molecule has 1 atom stereocenters. The normalized spacial score (nSPS) is 11.6. The summed E-state index contributed by atoms with van der Waals surface area (Å²) in [6.07, 6.45) is 1.23. The molecular formula is C32H40N2O4. The first-order chi connectivity index (χ1) is 18.3. The van der Waals surface area contributed by atoms with Crippen LogP contribution in [0, 0.1) is 12.8 Å². The topological polar surface area (TPSA) is 67.9 Å². The predicted octanol–water partition coefficient (Wildman–Crippen LogP) is 5.36. The highest BCUT2D eigenvalue weighted by Gasteiger charge is 2.30. The highest BCUT2D eigenvalue weighted by molar-refractivity contribution is 5.88. The Labute approximate surface area is 227 Å². The first kappa shape index (κ1) is 28.8. The van der Waals surface area contributed by atoms with Gasteiger partial charge in [0.05, 0.1) is 14.2 Å². The smallest absolute Gasteiger partial charge is 0.243 e. The van der Waals surface area contributed by atoms with E-state index in [4.69, 9.17) is 9.47 Å². The molecule has 38 heavy (non-hydrogen) atoms. The van der Waals surface area contributed by atoms with Gasteiger partial charge in [0.15, 0.2) is 11.5 Å². The van der Waals surface area contributed by atoms with Crippen LogP contribution in [0.2, 0.25) is 0 Å². The van der Waals surface area contributed by atoms with Crippen molar-refractivity contribution in [1.29, 1.82) is 0 Å². The molecule has 0 saturated carbocycles. The third-order valence-corrected chi connectivity index (χ3v) is 6.50. The van der Waals surface area contributed by atoms with E-state index in [0.29, 0.717) is 43.3 Å². The summed E-state index contributed by atoms with van der Waals surface area (Å²) in [5.74, 6) is 1.38. The molecule has 0 fully saturated rings. The number of aryl methyl sites for hydroxylation is 2. The number of carbonyl (C=O) groups is 2. The van der Waals surface area contributed by atoms with Gasteiger partial charge < -0.3 is 19.7 Å². The lowest BCUT2D eigenvalue weighted by Crippen LogP contribution is -2.51. The van der Waals surface area contributed by atoms with Crippen molar-refractivity contribution in [2.24, 2.45) is 5.92 Å². The van der Waals surface area contributed by atoms with Crippen LogP contribution in [-0.4, -0.2) is 43.5 Å². The third kappa shape index (κ3) is 8.37. The molecule has 0 aliphatic carbocycles. The van der Waals surface area contributed by atoms with Crippen LogP contribution in [0.5, 0.6) is 11.5 Å². The Balaban J connectivity index is 1.89. The molecule has 202 valence electrons. The van der Waals surface area contributed by atoms with E-state index >= 15 is 0 Å². The number of methoxy groups -OCH3 is 2. The maximum atomic E-state index is 13.8. The number of amides is 2. The summed E-state index contributed by atoms with van der Waals surface area (Å²) in [5.41, 5.74) is 4.12. The van der Waals surface area contributed by atoms with Crippen LogP contribution in [0.15, 0.2) is 72.8 Å². The second-order valence-corrected chi connectivity index (χ2v) is 10.0. The zero-order valence-electron chi connectivity index (χ0n) is 23.2. The predicted molar refractivity (Wildman–Crippen MR) is 151 cm³/mol. The minimum absolute atomic E-state index is 0.0685. The van der Waals surface area contributed by atoms with E-state index in [0.717, 1.165) is 22.3 Å². The van der Waals surface area contributed by atoms with E-state index in [1.165, 1.54) is 0 Å². The molecule has 0 spiro atoms. The first-order valence-corrected chi connectivity index (χ1v) is 13.2. The van der Waals surface area contributed by atoms with Crippen molar-refractivity contribution >= 4 is 11.8 Å². The third-order valence-electron chi connectivity index (χ3n) is 6.50. The summed E-state index contributed by atoms with van der Waals surface area (Å²) in [4.78, 5) is 29.1. The first-order valence-electron chi connectivity index (χ1n) is 13.2. The zero-order valence-corrected chi connectivity index (χ0v) is 23.2. The van der Waals surface area contributed by atoms with Crippen LogP contribution >= 0.6 is 0 Å². The Morgan fingerprint density at radius 3 is 2.13 bits per heavy atom. The van der Waals surface area contributed by atoms with Crippen LogP contribution in [0.25, 0.3) is 0 Å². The molecule has 0 unspecified atom stereocenters. The van der Waals surface area contributed by atoms with Gasteiger partial charge in [-0.1, -0.05) is 80.1 Å². The molecule has 3 rings (SSSR count). The molecule has 2 amide bonds. The Hall–Kier alpha value is -3.80. The second-order valence-electron chi connectivity index (χ2n) is 10.0. The van der Waals surface area contributed by atoms with Crippen LogP contribution < -0.4 is 14.8 Å². The maximum absolute atomic E-state index is 13.8. The zero-order chi connectivity index (χ0) is 27.5. The SMILES string of the molecule is COc1ccc(CCC(=O)N(Cc2ccc(C)cc2)[C@@H](Cc2ccccc2)C(=O)NCC(C)C)cc1OC. The van der Waals surface area contributed by atoms with Crippen LogP contribution in [0.4, 0.5) is 0 Å². The van der Waals surface area contributed by atoms with Crippen LogP contribution in [-0.2, 0) is 29.0 Å². The molecule has 0 aliphatic heterocycles. The average molecular weight is 517 g/mol. The fourth-order valence-corrected chi connectivity index (χ4v) is 4.30. The largest absolute Gasteiger partial charge is 0.493 e. The Morgan fingerprint density at radius 1 is 0.842 bits per heavy atom. The van der Waals surface area contributed by atoms with Crippen molar-refractivity contribution in [1.82, 2.24) is 10.2 Å². The van der Waals surface area contributed by atoms with Crippen molar-refractivity contribution < 1.29 is 19.1 Å². The Bertz CT molecular complexity index is 1180. The fraction of sp³-hybridized carbons (Fsp3) is 0.375. The minimum atomic E-state index is -0.629. The van der Waals surface area contributed by atoms with Gasteiger partial charge >= 0.3 is 0 Å². The van der Waals surface area contributed by atoms with Crippen molar-refractivity contribution in [3.63, 3.8) is 0 Å². The van der Waals surface area contributed by atoms with Crippen molar-refractivity contribution in [2.75, 3.05) is 20.8 Å². The number of nitrogens with zero attached hydrogens (tertiary/aromatic N) is 1.